The average Bonchev–Trinajstić information content (AvgIpc) is 2.55. The van der Waals surface area contributed by atoms with Gasteiger partial charge in [-0.2, -0.15) is 0 Å². The van der Waals surface area contributed by atoms with Crippen molar-refractivity contribution in [2.45, 2.75) is 36.6 Å². The Bertz CT molecular complexity index is 412. The van der Waals surface area contributed by atoms with Crippen molar-refractivity contribution in [3.05, 3.63) is 10.5 Å². The summed E-state index contributed by atoms with van der Waals surface area (Å²) >= 11 is 1.11. The number of carboxylic acids is 1. The van der Waals surface area contributed by atoms with E-state index in [2.05, 4.69) is 10.2 Å². The first-order valence-corrected chi connectivity index (χ1v) is 5.95. The SMILES string of the molecule is CCCCC(Sc1n[nH]c(=O)n1C)C(=O)O. The Kier molecular flexibility index (Phi) is 4.60. The monoisotopic (exact) mass is 245 g/mol. The lowest BCUT2D eigenvalue weighted by atomic mass is 10.2. The van der Waals surface area contributed by atoms with Crippen molar-refractivity contribution in [1.29, 1.82) is 0 Å². The molecule has 0 amide bonds. The van der Waals surface area contributed by atoms with Gasteiger partial charge in [0, 0.05) is 7.05 Å². The van der Waals surface area contributed by atoms with E-state index < -0.39 is 11.2 Å². The predicted molar refractivity (Wildman–Crippen MR) is 60.6 cm³/mol. The largest absolute Gasteiger partial charge is 0.480 e. The number of hydrogen-bond donors (Lipinski definition) is 2. The highest BCUT2D eigenvalue weighted by molar-refractivity contribution is 8.00. The van der Waals surface area contributed by atoms with E-state index in [0.717, 1.165) is 24.6 Å². The maximum absolute atomic E-state index is 11.1. The van der Waals surface area contributed by atoms with Gasteiger partial charge < -0.3 is 5.11 Å². The minimum Gasteiger partial charge on any atom is -0.480 e. The number of carboxylic acid groups (broad SMARTS) is 1. The third kappa shape index (κ3) is 3.13. The fourth-order valence-electron chi connectivity index (χ4n) is 1.19. The number of carbonyl (C=O) groups is 1. The lowest BCUT2D eigenvalue weighted by Crippen LogP contribution is -2.18. The molecule has 0 saturated heterocycles. The molecule has 1 atom stereocenters. The van der Waals surface area contributed by atoms with Gasteiger partial charge in [0.25, 0.3) is 0 Å². The summed E-state index contributed by atoms with van der Waals surface area (Å²) in [5.74, 6) is -0.867. The molecule has 1 aromatic heterocycles. The quantitative estimate of drug-likeness (QED) is 0.725. The zero-order valence-corrected chi connectivity index (χ0v) is 10.1. The average molecular weight is 245 g/mol. The number of hydrogen-bond acceptors (Lipinski definition) is 4. The fourth-order valence-corrected chi connectivity index (χ4v) is 2.17. The van der Waals surface area contributed by atoms with Crippen molar-refractivity contribution in [2.75, 3.05) is 0 Å². The number of nitrogens with zero attached hydrogens (tertiary/aromatic N) is 2. The molecule has 0 spiro atoms. The minimum atomic E-state index is -0.867. The van der Waals surface area contributed by atoms with Crippen LogP contribution in [0.2, 0.25) is 0 Å². The van der Waals surface area contributed by atoms with Gasteiger partial charge in [-0.15, -0.1) is 5.10 Å². The highest BCUT2D eigenvalue weighted by Crippen LogP contribution is 2.23. The van der Waals surface area contributed by atoms with Crippen molar-refractivity contribution in [3.8, 4) is 0 Å². The zero-order valence-electron chi connectivity index (χ0n) is 9.27. The Hall–Kier alpha value is -1.24. The van der Waals surface area contributed by atoms with Gasteiger partial charge in [0.1, 0.15) is 5.25 Å². The van der Waals surface area contributed by atoms with Gasteiger partial charge in [-0.3, -0.25) is 9.36 Å². The Morgan fingerprint density at radius 2 is 2.38 bits per heavy atom. The summed E-state index contributed by atoms with van der Waals surface area (Å²) in [4.78, 5) is 22.1. The van der Waals surface area contributed by atoms with Crippen molar-refractivity contribution in [2.24, 2.45) is 7.05 Å². The summed E-state index contributed by atoms with van der Waals surface area (Å²) in [5, 5.41) is 14.9. The molecular formula is C9H15N3O3S. The number of unbranched alkanes of at least 4 members (excludes halogenated alkanes) is 1. The molecule has 90 valence electrons. The number of aromatic nitrogens is 3. The van der Waals surface area contributed by atoms with E-state index in [1.165, 1.54) is 4.57 Å². The Morgan fingerprint density at radius 1 is 1.69 bits per heavy atom. The van der Waals surface area contributed by atoms with E-state index in [-0.39, 0.29) is 5.69 Å². The molecule has 0 aromatic carbocycles. The minimum absolute atomic E-state index is 0.331. The first-order valence-electron chi connectivity index (χ1n) is 5.07. The number of thioether (sulfide) groups is 1. The molecule has 0 radical (unpaired) electrons. The lowest BCUT2D eigenvalue weighted by molar-refractivity contribution is -0.136. The summed E-state index contributed by atoms with van der Waals surface area (Å²) in [5.41, 5.74) is -0.331. The molecule has 0 aliphatic rings. The van der Waals surface area contributed by atoms with E-state index in [0.29, 0.717) is 11.6 Å². The van der Waals surface area contributed by atoms with Crippen LogP contribution in [-0.2, 0) is 11.8 Å². The van der Waals surface area contributed by atoms with Crippen molar-refractivity contribution >= 4 is 17.7 Å². The van der Waals surface area contributed by atoms with Gasteiger partial charge in [-0.25, -0.2) is 9.89 Å². The van der Waals surface area contributed by atoms with Crippen LogP contribution in [0.15, 0.2) is 9.95 Å². The summed E-state index contributed by atoms with van der Waals surface area (Å²) in [6, 6.07) is 0. The first-order chi connectivity index (χ1) is 7.56. The molecule has 2 N–H and O–H groups in total. The predicted octanol–water partition coefficient (Wildman–Crippen LogP) is 0.844. The number of aliphatic carboxylic acids is 1. The van der Waals surface area contributed by atoms with E-state index >= 15 is 0 Å². The van der Waals surface area contributed by atoms with Gasteiger partial charge in [0.2, 0.25) is 0 Å². The van der Waals surface area contributed by atoms with Crippen LogP contribution in [-0.4, -0.2) is 31.1 Å². The van der Waals surface area contributed by atoms with E-state index in [4.69, 9.17) is 5.11 Å². The molecule has 1 unspecified atom stereocenters. The molecule has 1 rings (SSSR count). The van der Waals surface area contributed by atoms with Crippen LogP contribution < -0.4 is 5.69 Å². The number of nitrogens with one attached hydrogen (secondary N) is 1. The summed E-state index contributed by atoms with van der Waals surface area (Å²) in [6.07, 6.45) is 2.38. The summed E-state index contributed by atoms with van der Waals surface area (Å²) < 4.78 is 1.31. The molecule has 7 heteroatoms. The first kappa shape index (κ1) is 12.8. The molecule has 6 nitrogen and oxygen atoms in total. The number of H-pyrrole nitrogens is 1. The van der Waals surface area contributed by atoms with Gasteiger partial charge in [0.15, 0.2) is 5.16 Å². The van der Waals surface area contributed by atoms with Crippen molar-refractivity contribution in [3.63, 3.8) is 0 Å². The van der Waals surface area contributed by atoms with Crippen LogP contribution >= 0.6 is 11.8 Å². The molecule has 1 heterocycles. The summed E-state index contributed by atoms with van der Waals surface area (Å²) in [7, 11) is 1.56. The molecular weight excluding hydrogens is 230 g/mol. The number of aromatic amines is 1. The van der Waals surface area contributed by atoms with Crippen molar-refractivity contribution < 1.29 is 9.90 Å². The maximum atomic E-state index is 11.1. The van der Waals surface area contributed by atoms with E-state index in [1.54, 1.807) is 7.05 Å². The van der Waals surface area contributed by atoms with Gasteiger partial charge in [0.05, 0.1) is 0 Å². The standard InChI is InChI=1S/C9H15N3O3S/c1-3-4-5-6(7(13)14)16-9-11-10-8(15)12(9)2/h6H,3-5H2,1-2H3,(H,10,15)(H,13,14). The highest BCUT2D eigenvalue weighted by Gasteiger charge is 2.21. The molecule has 0 saturated carbocycles. The van der Waals surface area contributed by atoms with Crippen LogP contribution in [0.1, 0.15) is 26.2 Å². The molecule has 0 fully saturated rings. The third-order valence-electron chi connectivity index (χ3n) is 2.18. The third-order valence-corrected chi connectivity index (χ3v) is 3.48. The van der Waals surface area contributed by atoms with Gasteiger partial charge in [-0.1, -0.05) is 31.5 Å². The topological polar surface area (TPSA) is 88.0 Å². The van der Waals surface area contributed by atoms with Crippen LogP contribution in [0, 0.1) is 0 Å². The zero-order chi connectivity index (χ0) is 12.1. The maximum Gasteiger partial charge on any atom is 0.343 e. The Morgan fingerprint density at radius 3 is 2.81 bits per heavy atom. The second kappa shape index (κ2) is 5.74. The van der Waals surface area contributed by atoms with Crippen LogP contribution in [0.3, 0.4) is 0 Å². The normalized spacial score (nSPS) is 12.6. The molecule has 0 aliphatic carbocycles. The highest BCUT2D eigenvalue weighted by atomic mass is 32.2. The van der Waals surface area contributed by atoms with Crippen LogP contribution in [0.5, 0.6) is 0 Å². The Balaban J connectivity index is 2.71. The van der Waals surface area contributed by atoms with Gasteiger partial charge in [-0.05, 0) is 6.42 Å². The van der Waals surface area contributed by atoms with Gasteiger partial charge >= 0.3 is 11.7 Å². The van der Waals surface area contributed by atoms with Crippen molar-refractivity contribution in [1.82, 2.24) is 14.8 Å². The smallest absolute Gasteiger partial charge is 0.343 e. The lowest BCUT2D eigenvalue weighted by Gasteiger charge is -2.09. The van der Waals surface area contributed by atoms with E-state index in [1.807, 2.05) is 6.92 Å². The fraction of sp³-hybridized carbons (Fsp3) is 0.667. The van der Waals surface area contributed by atoms with Crippen LogP contribution in [0.4, 0.5) is 0 Å². The second-order valence-electron chi connectivity index (χ2n) is 3.46. The van der Waals surface area contributed by atoms with Crippen LogP contribution in [0.25, 0.3) is 0 Å². The Labute approximate surface area is 97.1 Å². The molecule has 1 aromatic rings. The molecule has 0 bridgehead atoms. The summed E-state index contributed by atoms with van der Waals surface area (Å²) in [6.45, 7) is 2.01. The second-order valence-corrected chi connectivity index (χ2v) is 4.63. The van der Waals surface area contributed by atoms with E-state index in [9.17, 15) is 9.59 Å². The molecule has 16 heavy (non-hydrogen) atoms. The molecule has 0 aliphatic heterocycles. The number of rotatable bonds is 6.